The molecule has 2 N–H and O–H groups in total. The van der Waals surface area contributed by atoms with Gasteiger partial charge in [0.1, 0.15) is 5.75 Å². The summed E-state index contributed by atoms with van der Waals surface area (Å²) in [5.41, 5.74) is 1.85. The van der Waals surface area contributed by atoms with Gasteiger partial charge >= 0.3 is 0 Å². The Morgan fingerprint density at radius 2 is 2.25 bits per heavy atom. The molecule has 0 aromatic heterocycles. The van der Waals surface area contributed by atoms with E-state index in [0.717, 1.165) is 37.1 Å². The number of methoxy groups -OCH3 is 1. The molecule has 0 amide bonds. The van der Waals surface area contributed by atoms with Gasteiger partial charge in [-0.1, -0.05) is 37.5 Å². The van der Waals surface area contributed by atoms with Crippen molar-refractivity contribution in [3.63, 3.8) is 0 Å². The quantitative estimate of drug-likeness (QED) is 0.869. The molecule has 112 valence electrons. The molecule has 1 fully saturated rings. The summed E-state index contributed by atoms with van der Waals surface area (Å²) >= 11 is 0. The van der Waals surface area contributed by atoms with Crippen LogP contribution in [-0.4, -0.2) is 24.4 Å². The molecule has 1 aliphatic rings. The van der Waals surface area contributed by atoms with Crippen LogP contribution in [0.25, 0.3) is 0 Å². The molecular weight excluding hydrogens is 250 g/mol. The highest BCUT2D eigenvalue weighted by Gasteiger charge is 2.32. The lowest BCUT2D eigenvalue weighted by Crippen LogP contribution is -2.43. The number of ether oxygens (including phenoxy) is 1. The van der Waals surface area contributed by atoms with E-state index in [2.05, 4.69) is 31.3 Å². The summed E-state index contributed by atoms with van der Waals surface area (Å²) in [5, 5.41) is 14.0. The van der Waals surface area contributed by atoms with Crippen LogP contribution >= 0.6 is 0 Å². The molecule has 0 radical (unpaired) electrons. The zero-order valence-electron chi connectivity index (χ0n) is 12.9. The molecule has 3 heteroatoms. The maximum absolute atomic E-state index is 10.6. The fraction of sp³-hybridized carbons (Fsp3) is 0.647. The molecule has 2 unspecified atom stereocenters. The van der Waals surface area contributed by atoms with E-state index >= 15 is 0 Å². The van der Waals surface area contributed by atoms with Crippen molar-refractivity contribution in [3.8, 4) is 5.75 Å². The van der Waals surface area contributed by atoms with Gasteiger partial charge in [-0.3, -0.25) is 0 Å². The minimum Gasteiger partial charge on any atom is -0.496 e. The van der Waals surface area contributed by atoms with Gasteiger partial charge in [0, 0.05) is 18.7 Å². The largest absolute Gasteiger partial charge is 0.496 e. The van der Waals surface area contributed by atoms with Crippen LogP contribution in [0.5, 0.6) is 5.75 Å². The highest BCUT2D eigenvalue weighted by molar-refractivity contribution is 5.36. The van der Waals surface area contributed by atoms with E-state index in [1.807, 2.05) is 6.07 Å². The Morgan fingerprint density at radius 1 is 1.45 bits per heavy atom. The topological polar surface area (TPSA) is 41.5 Å². The molecule has 0 heterocycles. The molecule has 2 rings (SSSR count). The number of nitrogens with one attached hydrogen (secondary N) is 1. The molecule has 1 saturated carbocycles. The molecule has 0 spiro atoms. The van der Waals surface area contributed by atoms with Gasteiger partial charge in [0.15, 0.2) is 0 Å². The normalized spacial score (nSPS) is 26.5. The first kappa shape index (κ1) is 15.3. The highest BCUT2D eigenvalue weighted by Crippen LogP contribution is 2.31. The maximum atomic E-state index is 10.6. The summed E-state index contributed by atoms with van der Waals surface area (Å²) in [7, 11) is 1.70. The van der Waals surface area contributed by atoms with Crippen LogP contribution in [0.3, 0.4) is 0 Å². The van der Waals surface area contributed by atoms with Crippen LogP contribution in [0, 0.1) is 12.8 Å². The van der Waals surface area contributed by atoms with Crippen molar-refractivity contribution in [1.82, 2.24) is 5.32 Å². The average molecular weight is 277 g/mol. The number of hydrogen-bond acceptors (Lipinski definition) is 3. The van der Waals surface area contributed by atoms with Crippen LogP contribution in [-0.2, 0) is 6.54 Å². The Morgan fingerprint density at radius 3 is 2.95 bits per heavy atom. The van der Waals surface area contributed by atoms with E-state index < -0.39 is 5.60 Å². The minimum absolute atomic E-state index is 0.533. The van der Waals surface area contributed by atoms with Crippen molar-refractivity contribution in [3.05, 3.63) is 29.3 Å². The summed E-state index contributed by atoms with van der Waals surface area (Å²) < 4.78 is 5.38. The second kappa shape index (κ2) is 6.59. The Kier molecular flexibility index (Phi) is 5.06. The van der Waals surface area contributed by atoms with E-state index in [4.69, 9.17) is 4.74 Å². The lowest BCUT2D eigenvalue weighted by molar-refractivity contribution is -0.0119. The van der Waals surface area contributed by atoms with Crippen LogP contribution in [0.15, 0.2) is 18.2 Å². The minimum atomic E-state index is -0.533. The fourth-order valence-electron chi connectivity index (χ4n) is 3.27. The molecule has 1 aromatic carbocycles. The van der Waals surface area contributed by atoms with Crippen LogP contribution < -0.4 is 10.1 Å². The maximum Gasteiger partial charge on any atom is 0.123 e. The third-order valence-electron chi connectivity index (χ3n) is 4.27. The van der Waals surface area contributed by atoms with E-state index in [1.165, 1.54) is 12.0 Å². The lowest BCUT2D eigenvalue weighted by Gasteiger charge is -2.35. The van der Waals surface area contributed by atoms with Gasteiger partial charge in [0.05, 0.1) is 12.7 Å². The van der Waals surface area contributed by atoms with Gasteiger partial charge < -0.3 is 15.2 Å². The monoisotopic (exact) mass is 277 g/mol. The molecule has 1 aliphatic carbocycles. The second-order valence-electron chi connectivity index (χ2n) is 6.34. The van der Waals surface area contributed by atoms with Crippen molar-refractivity contribution in [2.75, 3.05) is 13.7 Å². The van der Waals surface area contributed by atoms with Crippen molar-refractivity contribution < 1.29 is 9.84 Å². The standard InChI is InChI=1S/C17H27NO2/c1-13-6-7-16(20-3)15(9-13)11-18-12-17(19)8-4-5-14(2)10-17/h6-7,9,14,18-19H,4-5,8,10-12H2,1-3H3. The van der Waals surface area contributed by atoms with E-state index in [9.17, 15) is 5.11 Å². The summed E-state index contributed by atoms with van der Waals surface area (Å²) in [6.07, 6.45) is 4.20. The number of rotatable bonds is 5. The van der Waals surface area contributed by atoms with Crippen molar-refractivity contribution in [2.24, 2.45) is 5.92 Å². The Hall–Kier alpha value is -1.06. The van der Waals surface area contributed by atoms with Gasteiger partial charge in [0.2, 0.25) is 0 Å². The first-order chi connectivity index (χ1) is 9.52. The number of aliphatic hydroxyl groups is 1. The van der Waals surface area contributed by atoms with Crippen molar-refractivity contribution in [1.29, 1.82) is 0 Å². The Labute approximate surface area is 122 Å². The third kappa shape index (κ3) is 3.97. The van der Waals surface area contributed by atoms with E-state index in [0.29, 0.717) is 12.5 Å². The Bertz CT molecular complexity index is 447. The van der Waals surface area contributed by atoms with Crippen LogP contribution in [0.1, 0.15) is 43.7 Å². The van der Waals surface area contributed by atoms with Gasteiger partial charge in [0.25, 0.3) is 0 Å². The van der Waals surface area contributed by atoms with E-state index in [1.54, 1.807) is 7.11 Å². The molecule has 2 atom stereocenters. The lowest BCUT2D eigenvalue weighted by atomic mass is 9.79. The molecule has 0 bridgehead atoms. The Balaban J connectivity index is 1.91. The molecular formula is C17H27NO2. The summed E-state index contributed by atoms with van der Waals surface area (Å²) in [4.78, 5) is 0. The third-order valence-corrected chi connectivity index (χ3v) is 4.27. The van der Waals surface area contributed by atoms with Crippen molar-refractivity contribution >= 4 is 0 Å². The number of benzene rings is 1. The van der Waals surface area contributed by atoms with Crippen LogP contribution in [0.2, 0.25) is 0 Å². The number of aryl methyl sites for hydroxylation is 1. The molecule has 3 nitrogen and oxygen atoms in total. The first-order valence-electron chi connectivity index (χ1n) is 7.59. The summed E-state index contributed by atoms with van der Waals surface area (Å²) in [5.74, 6) is 1.54. The van der Waals surface area contributed by atoms with Gasteiger partial charge in [-0.25, -0.2) is 0 Å². The predicted molar refractivity (Wildman–Crippen MR) is 82.0 cm³/mol. The van der Waals surface area contributed by atoms with Gasteiger partial charge in [-0.05, 0) is 31.7 Å². The molecule has 1 aromatic rings. The average Bonchev–Trinajstić information content (AvgIpc) is 2.38. The SMILES string of the molecule is COc1ccc(C)cc1CNCC1(O)CCCC(C)C1. The molecule has 20 heavy (non-hydrogen) atoms. The zero-order valence-corrected chi connectivity index (χ0v) is 12.9. The zero-order chi connectivity index (χ0) is 14.6. The summed E-state index contributed by atoms with van der Waals surface area (Å²) in [6, 6.07) is 6.20. The predicted octanol–water partition coefficient (Wildman–Crippen LogP) is 3.03. The van der Waals surface area contributed by atoms with Crippen LogP contribution in [0.4, 0.5) is 0 Å². The highest BCUT2D eigenvalue weighted by atomic mass is 16.5. The number of hydrogen-bond donors (Lipinski definition) is 2. The van der Waals surface area contributed by atoms with Gasteiger partial charge in [-0.15, -0.1) is 0 Å². The summed E-state index contributed by atoms with van der Waals surface area (Å²) in [6.45, 7) is 5.71. The van der Waals surface area contributed by atoms with E-state index in [-0.39, 0.29) is 0 Å². The fourth-order valence-corrected chi connectivity index (χ4v) is 3.27. The first-order valence-corrected chi connectivity index (χ1v) is 7.59. The smallest absolute Gasteiger partial charge is 0.123 e. The molecule has 0 aliphatic heterocycles. The van der Waals surface area contributed by atoms with Crippen molar-refractivity contribution in [2.45, 2.75) is 51.7 Å². The van der Waals surface area contributed by atoms with Gasteiger partial charge in [-0.2, -0.15) is 0 Å². The second-order valence-corrected chi connectivity index (χ2v) is 6.34. The molecule has 0 saturated heterocycles.